The molecule has 1 N–H and O–H groups in total. The van der Waals surface area contributed by atoms with E-state index < -0.39 is 0 Å². The Morgan fingerprint density at radius 3 is 2.79 bits per heavy atom. The Morgan fingerprint density at radius 1 is 1.36 bits per heavy atom. The number of hydrogen-bond acceptors (Lipinski definition) is 3. The second-order valence-electron chi connectivity index (χ2n) is 4.61. The van der Waals surface area contributed by atoms with Crippen molar-refractivity contribution < 1.29 is 4.74 Å². The molecule has 0 aromatic carbocycles. The number of likely N-dealkylation sites (tertiary alicyclic amines) is 1. The van der Waals surface area contributed by atoms with Crippen LogP contribution in [0.1, 0.15) is 26.2 Å². The van der Waals surface area contributed by atoms with Crippen molar-refractivity contribution in [3.63, 3.8) is 0 Å². The number of hydrogen-bond donors (Lipinski definition) is 1. The molecule has 0 bridgehead atoms. The van der Waals surface area contributed by atoms with Crippen molar-refractivity contribution >= 4 is 0 Å². The van der Waals surface area contributed by atoms with Crippen LogP contribution in [-0.2, 0) is 4.74 Å². The maximum Gasteiger partial charge on any atom is 0.0622 e. The second kappa shape index (κ2) is 4.60. The van der Waals surface area contributed by atoms with Crippen molar-refractivity contribution in [3.05, 3.63) is 0 Å². The molecular formula is C11H22N2O. The number of nitrogens with one attached hydrogen (secondary N) is 1. The van der Waals surface area contributed by atoms with E-state index >= 15 is 0 Å². The summed E-state index contributed by atoms with van der Waals surface area (Å²) in [5.74, 6) is 0. The zero-order chi connectivity index (χ0) is 9.97. The summed E-state index contributed by atoms with van der Waals surface area (Å²) in [6.45, 7) is 5.50. The fourth-order valence-electron chi connectivity index (χ4n) is 2.78. The van der Waals surface area contributed by atoms with Gasteiger partial charge in [-0.3, -0.25) is 4.90 Å². The third kappa shape index (κ3) is 2.10. The third-order valence-corrected chi connectivity index (χ3v) is 3.71. The van der Waals surface area contributed by atoms with E-state index in [4.69, 9.17) is 4.74 Å². The molecule has 3 nitrogen and oxygen atoms in total. The topological polar surface area (TPSA) is 24.5 Å². The molecule has 0 saturated carbocycles. The number of ether oxygens (including phenoxy) is 1. The van der Waals surface area contributed by atoms with Gasteiger partial charge in [-0.1, -0.05) is 0 Å². The minimum atomic E-state index is 0.697. The van der Waals surface area contributed by atoms with Crippen LogP contribution in [0.5, 0.6) is 0 Å². The van der Waals surface area contributed by atoms with Crippen LogP contribution < -0.4 is 5.32 Å². The first-order valence-corrected chi connectivity index (χ1v) is 5.82. The van der Waals surface area contributed by atoms with Crippen molar-refractivity contribution in [2.24, 2.45) is 0 Å². The second-order valence-corrected chi connectivity index (χ2v) is 4.61. The third-order valence-electron chi connectivity index (χ3n) is 3.71. The smallest absolute Gasteiger partial charge is 0.0622 e. The lowest BCUT2D eigenvalue weighted by Crippen LogP contribution is -2.51. The Morgan fingerprint density at radius 2 is 2.21 bits per heavy atom. The van der Waals surface area contributed by atoms with Gasteiger partial charge in [0.15, 0.2) is 0 Å². The Labute approximate surface area is 86.8 Å². The SMILES string of the molecule is CNC1CCN(C2CCOC2)C(C)C1. The molecule has 0 amide bonds. The molecule has 2 heterocycles. The molecule has 2 saturated heterocycles. The number of nitrogens with zero attached hydrogens (tertiary/aromatic N) is 1. The van der Waals surface area contributed by atoms with E-state index in [1.807, 2.05) is 0 Å². The molecule has 0 aromatic rings. The predicted octanol–water partition coefficient (Wildman–Crippen LogP) is 0.848. The summed E-state index contributed by atoms with van der Waals surface area (Å²) in [6.07, 6.45) is 3.80. The molecule has 3 unspecified atom stereocenters. The summed E-state index contributed by atoms with van der Waals surface area (Å²) in [5, 5.41) is 3.39. The van der Waals surface area contributed by atoms with Crippen LogP contribution in [0.3, 0.4) is 0 Å². The van der Waals surface area contributed by atoms with E-state index in [-0.39, 0.29) is 0 Å². The quantitative estimate of drug-likeness (QED) is 0.712. The van der Waals surface area contributed by atoms with Crippen molar-refractivity contribution in [2.45, 2.75) is 44.3 Å². The molecule has 0 aromatic heterocycles. The zero-order valence-electron chi connectivity index (χ0n) is 9.33. The minimum Gasteiger partial charge on any atom is -0.380 e. The first kappa shape index (κ1) is 10.4. The average Bonchev–Trinajstić information content (AvgIpc) is 2.70. The summed E-state index contributed by atoms with van der Waals surface area (Å²) >= 11 is 0. The van der Waals surface area contributed by atoms with Gasteiger partial charge < -0.3 is 10.1 Å². The van der Waals surface area contributed by atoms with Crippen molar-refractivity contribution in [1.82, 2.24) is 10.2 Å². The van der Waals surface area contributed by atoms with Gasteiger partial charge in [-0.25, -0.2) is 0 Å². The Bertz CT molecular complexity index is 180. The van der Waals surface area contributed by atoms with Crippen LogP contribution in [0.25, 0.3) is 0 Å². The van der Waals surface area contributed by atoms with Gasteiger partial charge in [-0.15, -0.1) is 0 Å². The average molecular weight is 198 g/mol. The lowest BCUT2D eigenvalue weighted by molar-refractivity contribution is 0.0770. The summed E-state index contributed by atoms with van der Waals surface area (Å²) in [4.78, 5) is 2.64. The number of rotatable bonds is 2. The highest BCUT2D eigenvalue weighted by atomic mass is 16.5. The van der Waals surface area contributed by atoms with Crippen molar-refractivity contribution in [3.8, 4) is 0 Å². The molecule has 82 valence electrons. The van der Waals surface area contributed by atoms with E-state index in [1.165, 1.54) is 25.8 Å². The molecule has 2 aliphatic heterocycles. The van der Waals surface area contributed by atoms with Crippen LogP contribution in [0.15, 0.2) is 0 Å². The molecule has 3 atom stereocenters. The van der Waals surface area contributed by atoms with Crippen LogP contribution in [-0.4, -0.2) is 49.8 Å². The van der Waals surface area contributed by atoms with Gasteiger partial charge in [0, 0.05) is 31.3 Å². The first-order valence-electron chi connectivity index (χ1n) is 5.82. The van der Waals surface area contributed by atoms with E-state index in [2.05, 4.69) is 24.2 Å². The molecule has 3 heteroatoms. The van der Waals surface area contributed by atoms with Crippen LogP contribution in [0, 0.1) is 0 Å². The maximum atomic E-state index is 5.45. The van der Waals surface area contributed by atoms with Crippen LogP contribution in [0.2, 0.25) is 0 Å². The van der Waals surface area contributed by atoms with Gasteiger partial charge in [0.25, 0.3) is 0 Å². The maximum absolute atomic E-state index is 5.45. The summed E-state index contributed by atoms with van der Waals surface area (Å²) in [5.41, 5.74) is 0. The van der Waals surface area contributed by atoms with Gasteiger partial charge in [0.05, 0.1) is 6.61 Å². The molecular weight excluding hydrogens is 176 g/mol. The molecule has 0 spiro atoms. The largest absolute Gasteiger partial charge is 0.380 e. The Hall–Kier alpha value is -0.120. The number of piperidine rings is 1. The summed E-state index contributed by atoms with van der Waals surface area (Å²) in [6, 6.07) is 2.14. The Balaban J connectivity index is 1.88. The Kier molecular flexibility index (Phi) is 3.42. The zero-order valence-corrected chi connectivity index (χ0v) is 9.33. The van der Waals surface area contributed by atoms with Gasteiger partial charge in [0.2, 0.25) is 0 Å². The lowest BCUT2D eigenvalue weighted by atomic mass is 9.96. The first-order chi connectivity index (χ1) is 6.81. The van der Waals surface area contributed by atoms with Crippen LogP contribution >= 0.6 is 0 Å². The van der Waals surface area contributed by atoms with E-state index in [0.29, 0.717) is 12.1 Å². The molecule has 2 rings (SSSR count). The van der Waals surface area contributed by atoms with Gasteiger partial charge in [0.1, 0.15) is 0 Å². The summed E-state index contributed by atoms with van der Waals surface area (Å²) < 4.78 is 5.45. The molecule has 14 heavy (non-hydrogen) atoms. The standard InChI is InChI=1S/C11H22N2O/c1-9-7-10(12-2)3-5-13(9)11-4-6-14-8-11/h9-12H,3-8H2,1-2H3. The van der Waals surface area contributed by atoms with E-state index in [0.717, 1.165) is 19.3 Å². The van der Waals surface area contributed by atoms with E-state index in [9.17, 15) is 0 Å². The molecule has 0 aliphatic carbocycles. The fourth-order valence-corrected chi connectivity index (χ4v) is 2.78. The highest BCUT2D eigenvalue weighted by molar-refractivity contribution is 4.87. The van der Waals surface area contributed by atoms with Crippen molar-refractivity contribution in [1.29, 1.82) is 0 Å². The monoisotopic (exact) mass is 198 g/mol. The predicted molar refractivity (Wildman–Crippen MR) is 57.5 cm³/mol. The van der Waals surface area contributed by atoms with Gasteiger partial charge in [-0.05, 0) is 33.2 Å². The highest BCUT2D eigenvalue weighted by Gasteiger charge is 2.31. The molecule has 2 fully saturated rings. The van der Waals surface area contributed by atoms with Gasteiger partial charge in [-0.2, -0.15) is 0 Å². The highest BCUT2D eigenvalue weighted by Crippen LogP contribution is 2.23. The van der Waals surface area contributed by atoms with Crippen molar-refractivity contribution in [2.75, 3.05) is 26.8 Å². The summed E-state index contributed by atoms with van der Waals surface area (Å²) in [7, 11) is 2.08. The fraction of sp³-hybridized carbons (Fsp3) is 1.00. The van der Waals surface area contributed by atoms with E-state index in [1.54, 1.807) is 0 Å². The van der Waals surface area contributed by atoms with Gasteiger partial charge >= 0.3 is 0 Å². The lowest BCUT2D eigenvalue weighted by Gasteiger charge is -2.40. The minimum absolute atomic E-state index is 0.697. The van der Waals surface area contributed by atoms with Crippen LogP contribution in [0.4, 0.5) is 0 Å². The molecule has 0 radical (unpaired) electrons. The normalized spacial score (nSPS) is 40.3. The molecule has 2 aliphatic rings.